The summed E-state index contributed by atoms with van der Waals surface area (Å²) in [5.41, 5.74) is 2.59. The van der Waals surface area contributed by atoms with Gasteiger partial charge in [-0.2, -0.15) is 0 Å². The van der Waals surface area contributed by atoms with Gasteiger partial charge in [0.05, 0.1) is 6.61 Å². The van der Waals surface area contributed by atoms with Crippen molar-refractivity contribution in [1.82, 2.24) is 5.32 Å². The van der Waals surface area contributed by atoms with E-state index in [1.54, 1.807) is 25.3 Å². The van der Waals surface area contributed by atoms with Crippen molar-refractivity contribution in [3.05, 3.63) is 95.6 Å². The molecule has 0 amide bonds. The van der Waals surface area contributed by atoms with Crippen molar-refractivity contribution in [3.8, 4) is 11.5 Å². The average molecular weight is 478 g/mol. The van der Waals surface area contributed by atoms with E-state index in [9.17, 15) is 4.79 Å². The molecule has 1 atom stereocenters. The third-order valence-corrected chi connectivity index (χ3v) is 5.33. The normalized spacial score (nSPS) is 11.8. The predicted octanol–water partition coefficient (Wildman–Crippen LogP) is 5.06. The number of rotatable bonds is 14. The summed E-state index contributed by atoms with van der Waals surface area (Å²) < 4.78 is 22.9. The molecule has 3 aromatic rings. The first kappa shape index (κ1) is 26.3. The van der Waals surface area contributed by atoms with Crippen LogP contribution in [0.5, 0.6) is 11.5 Å². The third-order valence-electron chi connectivity index (χ3n) is 5.33. The number of ether oxygens (including phenoxy) is 4. The van der Waals surface area contributed by atoms with Crippen LogP contribution in [0.3, 0.4) is 0 Å². The lowest BCUT2D eigenvalue weighted by Gasteiger charge is -2.21. The third kappa shape index (κ3) is 9.08. The molecule has 6 nitrogen and oxygen atoms in total. The highest BCUT2D eigenvalue weighted by Gasteiger charge is 2.20. The lowest BCUT2D eigenvalue weighted by molar-refractivity contribution is 0.0168. The van der Waals surface area contributed by atoms with E-state index >= 15 is 0 Å². The zero-order valence-corrected chi connectivity index (χ0v) is 20.7. The van der Waals surface area contributed by atoms with Crippen molar-refractivity contribution in [2.75, 3.05) is 26.9 Å². The summed E-state index contributed by atoms with van der Waals surface area (Å²) in [5.74, 6) is 0.774. The van der Waals surface area contributed by atoms with Crippen LogP contribution in [-0.4, -0.2) is 45.0 Å². The Labute approximate surface area is 208 Å². The summed E-state index contributed by atoms with van der Waals surface area (Å²) in [5, 5.41) is 3.33. The van der Waals surface area contributed by atoms with Gasteiger partial charge in [0.1, 0.15) is 36.4 Å². The van der Waals surface area contributed by atoms with Crippen molar-refractivity contribution in [2.45, 2.75) is 39.0 Å². The molecule has 1 N–H and O–H groups in total. The molecule has 0 spiro atoms. The Balaban J connectivity index is 1.62. The van der Waals surface area contributed by atoms with Crippen molar-refractivity contribution < 1.29 is 23.7 Å². The zero-order chi connectivity index (χ0) is 24.9. The monoisotopic (exact) mass is 477 g/mol. The Morgan fingerprint density at radius 1 is 0.857 bits per heavy atom. The second-order valence-electron chi connectivity index (χ2n) is 8.56. The van der Waals surface area contributed by atoms with Crippen LogP contribution in [0.4, 0.5) is 0 Å². The lowest BCUT2D eigenvalue weighted by Crippen LogP contribution is -2.38. The minimum absolute atomic E-state index is 0.232. The van der Waals surface area contributed by atoms with Crippen LogP contribution < -0.4 is 14.8 Å². The molecule has 1 unspecified atom stereocenters. The molecule has 0 aromatic heterocycles. The summed E-state index contributed by atoms with van der Waals surface area (Å²) in [6, 6.07) is 25.1. The molecular formula is C29H35NO5. The van der Waals surface area contributed by atoms with Gasteiger partial charge in [-0.1, -0.05) is 68.4 Å². The number of hydrogen-bond acceptors (Lipinski definition) is 6. The first-order valence-corrected chi connectivity index (χ1v) is 12.0. The molecule has 186 valence electrons. The van der Waals surface area contributed by atoms with Gasteiger partial charge in [0.2, 0.25) is 0 Å². The molecule has 0 saturated carbocycles. The van der Waals surface area contributed by atoms with Gasteiger partial charge in [-0.05, 0) is 41.8 Å². The topological polar surface area (TPSA) is 66.0 Å². The maximum absolute atomic E-state index is 13.1. The molecule has 35 heavy (non-hydrogen) atoms. The van der Waals surface area contributed by atoms with E-state index in [-0.39, 0.29) is 12.6 Å². The smallest absolute Gasteiger partial charge is 0.342 e. The van der Waals surface area contributed by atoms with Gasteiger partial charge >= 0.3 is 5.97 Å². The zero-order valence-electron chi connectivity index (χ0n) is 20.7. The fourth-order valence-electron chi connectivity index (χ4n) is 3.37. The van der Waals surface area contributed by atoms with Gasteiger partial charge in [-0.25, -0.2) is 4.79 Å². The number of carbonyl (C=O) groups is 1. The SMILES string of the molecule is COCCc1ccc(OCC(CNC(C)C)OC(=O)c2ccccc2OCc2ccccc2)cc1. The highest BCUT2D eigenvalue weighted by Crippen LogP contribution is 2.21. The molecule has 3 rings (SSSR count). The second-order valence-corrected chi connectivity index (χ2v) is 8.56. The molecule has 0 fully saturated rings. The lowest BCUT2D eigenvalue weighted by atomic mass is 10.1. The van der Waals surface area contributed by atoms with Crippen LogP contribution in [0.1, 0.15) is 35.3 Å². The average Bonchev–Trinajstić information content (AvgIpc) is 2.89. The number of carbonyl (C=O) groups excluding carboxylic acids is 1. The largest absolute Gasteiger partial charge is 0.490 e. The summed E-state index contributed by atoms with van der Waals surface area (Å²) in [6.07, 6.45) is 0.376. The molecular weight excluding hydrogens is 442 g/mol. The molecule has 0 aliphatic carbocycles. The molecule has 0 aliphatic rings. The van der Waals surface area contributed by atoms with Gasteiger partial charge in [-0.3, -0.25) is 0 Å². The highest BCUT2D eigenvalue weighted by atomic mass is 16.6. The number of methoxy groups -OCH3 is 1. The number of para-hydroxylation sites is 1. The molecule has 0 bridgehead atoms. The van der Waals surface area contributed by atoms with E-state index in [0.717, 1.165) is 17.7 Å². The minimum Gasteiger partial charge on any atom is -0.490 e. The number of nitrogens with one attached hydrogen (secondary N) is 1. The van der Waals surface area contributed by atoms with Crippen LogP contribution in [0.2, 0.25) is 0 Å². The number of benzene rings is 3. The van der Waals surface area contributed by atoms with E-state index in [2.05, 4.69) is 5.32 Å². The van der Waals surface area contributed by atoms with Crippen molar-refractivity contribution in [3.63, 3.8) is 0 Å². The quantitative estimate of drug-likeness (QED) is 0.328. The Morgan fingerprint density at radius 3 is 2.29 bits per heavy atom. The van der Waals surface area contributed by atoms with Crippen LogP contribution >= 0.6 is 0 Å². The summed E-state index contributed by atoms with van der Waals surface area (Å²) >= 11 is 0. The maximum Gasteiger partial charge on any atom is 0.342 e. The van der Waals surface area contributed by atoms with E-state index in [1.807, 2.05) is 74.5 Å². The van der Waals surface area contributed by atoms with Crippen LogP contribution in [-0.2, 0) is 22.5 Å². The predicted molar refractivity (Wildman–Crippen MR) is 137 cm³/mol. The number of esters is 1. The van der Waals surface area contributed by atoms with Gasteiger partial charge in [0, 0.05) is 19.7 Å². The Morgan fingerprint density at radius 2 is 1.57 bits per heavy atom. The van der Waals surface area contributed by atoms with E-state index in [0.29, 0.717) is 31.1 Å². The van der Waals surface area contributed by atoms with Gasteiger partial charge in [-0.15, -0.1) is 0 Å². The summed E-state index contributed by atoms with van der Waals surface area (Å²) in [6.45, 7) is 5.84. The molecule has 0 saturated heterocycles. The minimum atomic E-state index is -0.472. The van der Waals surface area contributed by atoms with Gasteiger partial charge in [0.15, 0.2) is 0 Å². The standard InChI is InChI=1S/C29H35NO5/c1-22(2)30-19-26(21-33-25-15-13-23(14-16-25)17-18-32-3)35-29(31)27-11-7-8-12-28(27)34-20-24-9-5-4-6-10-24/h4-16,22,26,30H,17-21H2,1-3H3. The van der Waals surface area contributed by atoms with Gasteiger partial charge < -0.3 is 24.3 Å². The Hall–Kier alpha value is -3.35. The Kier molecular flexibility index (Phi) is 10.6. The molecule has 0 aliphatic heterocycles. The second kappa shape index (κ2) is 14.1. The molecule has 3 aromatic carbocycles. The maximum atomic E-state index is 13.1. The van der Waals surface area contributed by atoms with Crippen LogP contribution in [0, 0.1) is 0 Å². The van der Waals surface area contributed by atoms with E-state index in [4.69, 9.17) is 18.9 Å². The highest BCUT2D eigenvalue weighted by molar-refractivity contribution is 5.92. The summed E-state index contributed by atoms with van der Waals surface area (Å²) in [4.78, 5) is 13.1. The fraction of sp³-hybridized carbons (Fsp3) is 0.345. The van der Waals surface area contributed by atoms with Crippen LogP contribution in [0.25, 0.3) is 0 Å². The number of hydrogen-bond donors (Lipinski definition) is 1. The molecule has 6 heteroatoms. The van der Waals surface area contributed by atoms with Crippen LogP contribution in [0.15, 0.2) is 78.9 Å². The molecule has 0 heterocycles. The van der Waals surface area contributed by atoms with Gasteiger partial charge in [0.25, 0.3) is 0 Å². The first-order valence-electron chi connectivity index (χ1n) is 12.0. The van der Waals surface area contributed by atoms with Crippen molar-refractivity contribution in [1.29, 1.82) is 0 Å². The van der Waals surface area contributed by atoms with Crippen molar-refractivity contribution >= 4 is 5.97 Å². The van der Waals surface area contributed by atoms with E-state index in [1.165, 1.54) is 5.56 Å². The Bertz CT molecular complexity index is 1020. The van der Waals surface area contributed by atoms with Crippen molar-refractivity contribution in [2.24, 2.45) is 0 Å². The fourth-order valence-corrected chi connectivity index (χ4v) is 3.37. The first-order chi connectivity index (χ1) is 17.0. The van der Waals surface area contributed by atoms with E-state index < -0.39 is 12.1 Å². The summed E-state index contributed by atoms with van der Waals surface area (Å²) in [7, 11) is 1.69. The molecule has 0 radical (unpaired) electrons.